The van der Waals surface area contributed by atoms with Gasteiger partial charge in [-0.1, -0.05) is 12.1 Å². The second-order valence-electron chi connectivity index (χ2n) is 5.94. The number of carbonyl (C=O) groups excluding carboxylic acids is 2. The number of fused-ring (bicyclic) bond motifs is 2. The number of nitrogens with one attached hydrogen (secondary N) is 3. The number of likely N-dealkylation sites (N-methyl/N-ethyl adjacent to an activating group) is 1. The lowest BCUT2D eigenvalue weighted by Crippen LogP contribution is -2.31. The monoisotopic (exact) mass is 324 g/mol. The Bertz CT molecular complexity index is 786. The third-order valence-electron chi connectivity index (χ3n) is 3.82. The second-order valence-corrected chi connectivity index (χ2v) is 5.94. The number of amides is 2. The van der Waals surface area contributed by atoms with Gasteiger partial charge in [-0.2, -0.15) is 0 Å². The van der Waals surface area contributed by atoms with Crippen LogP contribution in [0.25, 0.3) is 0 Å². The Morgan fingerprint density at radius 1 is 1.04 bits per heavy atom. The van der Waals surface area contributed by atoms with E-state index in [0.717, 1.165) is 17.9 Å². The van der Waals surface area contributed by atoms with E-state index < -0.39 is 0 Å². The predicted octanol–water partition coefficient (Wildman–Crippen LogP) is 2.29. The first-order chi connectivity index (χ1) is 11.5. The maximum Gasteiger partial charge on any atom is 0.257 e. The molecule has 1 aliphatic rings. The van der Waals surface area contributed by atoms with Crippen LogP contribution in [0.3, 0.4) is 0 Å². The van der Waals surface area contributed by atoms with Crippen LogP contribution in [0.15, 0.2) is 42.5 Å². The zero-order valence-corrected chi connectivity index (χ0v) is 13.7. The van der Waals surface area contributed by atoms with Crippen LogP contribution < -0.4 is 16.0 Å². The van der Waals surface area contributed by atoms with Gasteiger partial charge in [0.1, 0.15) is 0 Å². The van der Waals surface area contributed by atoms with Crippen molar-refractivity contribution in [1.82, 2.24) is 10.2 Å². The fraction of sp³-hybridized carbons (Fsp3) is 0.222. The molecule has 2 aromatic carbocycles. The maximum absolute atomic E-state index is 12.3. The largest absolute Gasteiger partial charge is 0.353 e. The van der Waals surface area contributed by atoms with E-state index in [1.54, 1.807) is 24.3 Å². The van der Waals surface area contributed by atoms with Gasteiger partial charge < -0.3 is 20.9 Å². The molecule has 0 saturated heterocycles. The molecule has 0 radical (unpaired) electrons. The van der Waals surface area contributed by atoms with Crippen molar-refractivity contribution in [3.8, 4) is 0 Å². The third kappa shape index (κ3) is 3.38. The summed E-state index contributed by atoms with van der Waals surface area (Å²) < 4.78 is 0. The molecule has 0 saturated carbocycles. The van der Waals surface area contributed by atoms with Gasteiger partial charge in [0, 0.05) is 18.7 Å². The molecule has 24 heavy (non-hydrogen) atoms. The molecular weight excluding hydrogens is 304 g/mol. The summed E-state index contributed by atoms with van der Waals surface area (Å²) in [7, 11) is 3.90. The minimum Gasteiger partial charge on any atom is -0.353 e. The first-order valence-corrected chi connectivity index (χ1v) is 7.79. The number of hydrogen-bond donors (Lipinski definition) is 3. The molecule has 0 atom stereocenters. The van der Waals surface area contributed by atoms with Crippen LogP contribution >= 0.6 is 0 Å². The van der Waals surface area contributed by atoms with Gasteiger partial charge in [0.15, 0.2) is 0 Å². The topological polar surface area (TPSA) is 73.5 Å². The fourth-order valence-corrected chi connectivity index (χ4v) is 2.52. The standard InChI is InChI=1S/C18H20N4O2/c1-22(2)10-9-19-17(23)12-7-8-15-16(11-12)21-18(24)13-5-3-4-6-14(13)20-15/h3-8,11,20H,9-10H2,1-2H3,(H,19,23)(H,21,24). The number of rotatable bonds is 4. The highest BCUT2D eigenvalue weighted by atomic mass is 16.2. The molecule has 0 unspecified atom stereocenters. The summed E-state index contributed by atoms with van der Waals surface area (Å²) in [6, 6.07) is 12.5. The number of anilines is 3. The summed E-state index contributed by atoms with van der Waals surface area (Å²) in [6.07, 6.45) is 0. The molecule has 6 heteroatoms. The van der Waals surface area contributed by atoms with Gasteiger partial charge >= 0.3 is 0 Å². The van der Waals surface area contributed by atoms with Crippen LogP contribution in [0.1, 0.15) is 20.7 Å². The maximum atomic E-state index is 12.3. The van der Waals surface area contributed by atoms with Gasteiger partial charge in [-0.3, -0.25) is 9.59 Å². The van der Waals surface area contributed by atoms with Crippen molar-refractivity contribution in [2.45, 2.75) is 0 Å². The second kappa shape index (κ2) is 6.72. The average molecular weight is 324 g/mol. The number of hydrogen-bond acceptors (Lipinski definition) is 4. The van der Waals surface area contributed by atoms with Gasteiger partial charge in [-0.15, -0.1) is 0 Å². The first kappa shape index (κ1) is 16.0. The summed E-state index contributed by atoms with van der Waals surface area (Å²) in [5.41, 5.74) is 3.19. The lowest BCUT2D eigenvalue weighted by atomic mass is 10.1. The van der Waals surface area contributed by atoms with Crippen LogP contribution in [-0.2, 0) is 0 Å². The van der Waals surface area contributed by atoms with Crippen molar-refractivity contribution in [2.75, 3.05) is 37.8 Å². The molecule has 0 aliphatic carbocycles. The molecule has 1 aliphatic heterocycles. The Morgan fingerprint density at radius 2 is 1.83 bits per heavy atom. The van der Waals surface area contributed by atoms with Crippen LogP contribution in [0, 0.1) is 0 Å². The van der Waals surface area contributed by atoms with Crippen molar-refractivity contribution in [3.63, 3.8) is 0 Å². The summed E-state index contributed by atoms with van der Waals surface area (Å²) in [5, 5.41) is 8.96. The molecule has 2 amide bonds. The minimum absolute atomic E-state index is 0.157. The van der Waals surface area contributed by atoms with E-state index >= 15 is 0 Å². The zero-order chi connectivity index (χ0) is 17.1. The van der Waals surface area contributed by atoms with Crippen LogP contribution in [-0.4, -0.2) is 43.9 Å². The Labute approximate surface area is 140 Å². The van der Waals surface area contributed by atoms with Crippen LogP contribution in [0.2, 0.25) is 0 Å². The van der Waals surface area contributed by atoms with Gasteiger partial charge in [-0.05, 0) is 44.4 Å². The molecule has 3 rings (SSSR count). The van der Waals surface area contributed by atoms with E-state index in [9.17, 15) is 9.59 Å². The highest BCUT2D eigenvalue weighted by Crippen LogP contribution is 2.32. The van der Waals surface area contributed by atoms with E-state index in [1.165, 1.54) is 0 Å². The first-order valence-electron chi connectivity index (χ1n) is 7.79. The van der Waals surface area contributed by atoms with Crippen molar-refractivity contribution < 1.29 is 9.59 Å². The number of carbonyl (C=O) groups is 2. The van der Waals surface area contributed by atoms with E-state index in [2.05, 4.69) is 16.0 Å². The normalized spacial score (nSPS) is 12.5. The SMILES string of the molecule is CN(C)CCNC(=O)c1ccc2c(c1)NC(=O)c1ccccc1N2. The highest BCUT2D eigenvalue weighted by Gasteiger charge is 2.19. The van der Waals surface area contributed by atoms with Crippen molar-refractivity contribution in [1.29, 1.82) is 0 Å². The molecular formula is C18H20N4O2. The van der Waals surface area contributed by atoms with Crippen LogP contribution in [0.4, 0.5) is 17.1 Å². The zero-order valence-electron chi connectivity index (χ0n) is 13.7. The van der Waals surface area contributed by atoms with Gasteiger partial charge in [-0.25, -0.2) is 0 Å². The van der Waals surface area contributed by atoms with E-state index in [4.69, 9.17) is 0 Å². The molecule has 0 fully saturated rings. The summed E-state index contributed by atoms with van der Waals surface area (Å²) in [5.74, 6) is -0.349. The lowest BCUT2D eigenvalue weighted by molar-refractivity contribution is 0.0949. The van der Waals surface area contributed by atoms with E-state index in [0.29, 0.717) is 23.4 Å². The van der Waals surface area contributed by atoms with Crippen molar-refractivity contribution >= 4 is 28.9 Å². The van der Waals surface area contributed by atoms with Gasteiger partial charge in [0.2, 0.25) is 0 Å². The Hall–Kier alpha value is -2.86. The quantitative estimate of drug-likeness (QED) is 0.807. The van der Waals surface area contributed by atoms with E-state index in [-0.39, 0.29) is 11.8 Å². The average Bonchev–Trinajstić information content (AvgIpc) is 2.69. The predicted molar refractivity (Wildman–Crippen MR) is 95.0 cm³/mol. The third-order valence-corrected chi connectivity index (χ3v) is 3.82. The Kier molecular flexibility index (Phi) is 4.48. The highest BCUT2D eigenvalue weighted by molar-refractivity contribution is 6.12. The molecule has 6 nitrogen and oxygen atoms in total. The molecule has 2 aromatic rings. The Balaban J connectivity index is 1.81. The van der Waals surface area contributed by atoms with Crippen molar-refractivity contribution in [3.05, 3.63) is 53.6 Å². The lowest BCUT2D eigenvalue weighted by Gasteiger charge is -2.12. The fourth-order valence-electron chi connectivity index (χ4n) is 2.52. The van der Waals surface area contributed by atoms with Gasteiger partial charge in [0.05, 0.1) is 22.6 Å². The molecule has 0 spiro atoms. The van der Waals surface area contributed by atoms with Gasteiger partial charge in [0.25, 0.3) is 11.8 Å². The van der Waals surface area contributed by atoms with E-state index in [1.807, 2.05) is 37.2 Å². The molecule has 0 bridgehead atoms. The summed E-state index contributed by atoms with van der Waals surface area (Å²) in [6.45, 7) is 1.34. The van der Waals surface area contributed by atoms with Crippen molar-refractivity contribution in [2.24, 2.45) is 0 Å². The number of benzene rings is 2. The molecule has 124 valence electrons. The molecule has 1 heterocycles. The smallest absolute Gasteiger partial charge is 0.257 e. The number of para-hydroxylation sites is 1. The summed E-state index contributed by atoms with van der Waals surface area (Å²) in [4.78, 5) is 26.6. The molecule has 0 aromatic heterocycles. The summed E-state index contributed by atoms with van der Waals surface area (Å²) >= 11 is 0. The Morgan fingerprint density at radius 3 is 2.62 bits per heavy atom. The number of nitrogens with zero attached hydrogens (tertiary/aromatic N) is 1. The van der Waals surface area contributed by atoms with Crippen LogP contribution in [0.5, 0.6) is 0 Å². The molecule has 3 N–H and O–H groups in total. The minimum atomic E-state index is -0.193.